The summed E-state index contributed by atoms with van der Waals surface area (Å²) in [6.45, 7) is 0. The average Bonchev–Trinajstić information content (AvgIpc) is 2.48. The smallest absolute Gasteiger partial charge is 0.338 e. The minimum Gasteiger partial charge on any atom is -0.478 e. The fraction of sp³-hybridized carbons (Fsp3) is 0. The van der Waals surface area contributed by atoms with Gasteiger partial charge in [-0.05, 0) is 15.9 Å². The highest BCUT2D eigenvalue weighted by molar-refractivity contribution is 9.10. The minimum atomic E-state index is -1.11. The van der Waals surface area contributed by atoms with Crippen molar-refractivity contribution in [3.63, 3.8) is 0 Å². The van der Waals surface area contributed by atoms with Gasteiger partial charge in [0.25, 0.3) is 0 Å². The molecule has 0 aliphatic heterocycles. The average molecular weight is 276 g/mol. The van der Waals surface area contributed by atoms with Crippen molar-refractivity contribution in [3.05, 3.63) is 27.5 Å². The van der Waals surface area contributed by atoms with Crippen LogP contribution in [-0.4, -0.2) is 16.1 Å². The molecule has 2 rings (SSSR count). The lowest BCUT2D eigenvalue weighted by Gasteiger charge is -1.98. The van der Waals surface area contributed by atoms with Crippen molar-refractivity contribution in [2.75, 3.05) is 0 Å². The van der Waals surface area contributed by atoms with Crippen molar-refractivity contribution in [1.29, 1.82) is 0 Å². The van der Waals surface area contributed by atoms with Gasteiger partial charge in [0.1, 0.15) is 6.26 Å². The van der Waals surface area contributed by atoms with E-state index < -0.39 is 5.97 Å². The molecule has 4 nitrogen and oxygen atoms in total. The number of aromatic carboxylic acids is 1. The molecule has 0 saturated heterocycles. The third kappa shape index (κ3) is 1.29. The van der Waals surface area contributed by atoms with Crippen LogP contribution in [0.4, 0.5) is 0 Å². The molecule has 0 amide bonds. The first-order valence-corrected chi connectivity index (χ1v) is 4.73. The van der Waals surface area contributed by atoms with Gasteiger partial charge in [0.05, 0.1) is 20.4 Å². The van der Waals surface area contributed by atoms with Crippen molar-refractivity contribution in [3.8, 4) is 0 Å². The van der Waals surface area contributed by atoms with Crippen molar-refractivity contribution >= 4 is 44.6 Å². The van der Waals surface area contributed by atoms with E-state index in [-0.39, 0.29) is 10.6 Å². The summed E-state index contributed by atoms with van der Waals surface area (Å²) in [5.74, 6) is -1.11. The summed E-state index contributed by atoms with van der Waals surface area (Å²) in [4.78, 5) is 14.6. The summed E-state index contributed by atoms with van der Waals surface area (Å²) in [5, 5.41) is 9.39. The normalized spacial score (nSPS) is 10.7. The molecular formula is C8H3BrClNO3. The van der Waals surface area contributed by atoms with Crippen LogP contribution in [-0.2, 0) is 0 Å². The second-order valence-corrected chi connectivity index (χ2v) is 3.79. The zero-order valence-electron chi connectivity index (χ0n) is 6.62. The van der Waals surface area contributed by atoms with Crippen molar-refractivity contribution < 1.29 is 14.3 Å². The summed E-state index contributed by atoms with van der Waals surface area (Å²) >= 11 is 9.06. The minimum absolute atomic E-state index is 0.0405. The lowest BCUT2D eigenvalue weighted by atomic mass is 10.2. The molecule has 0 bridgehead atoms. The summed E-state index contributed by atoms with van der Waals surface area (Å²) in [6.07, 6.45) is 2.58. The lowest BCUT2D eigenvalue weighted by Crippen LogP contribution is -1.98. The summed E-state index contributed by atoms with van der Waals surface area (Å²) in [6, 6.07) is 0. The molecule has 0 saturated carbocycles. The van der Waals surface area contributed by atoms with Crippen LogP contribution in [0.5, 0.6) is 0 Å². The summed E-state index contributed by atoms with van der Waals surface area (Å²) in [7, 11) is 0. The molecule has 2 aromatic rings. The zero-order valence-corrected chi connectivity index (χ0v) is 8.96. The standard InChI is InChI=1S/C8H3BrClNO3/c9-4-2-14-7-5(4)6(10)3(1-11-7)8(12)13/h1-2H,(H,12,13). The molecule has 2 aromatic heterocycles. The molecule has 0 atom stereocenters. The van der Waals surface area contributed by atoms with Crippen molar-refractivity contribution in [1.82, 2.24) is 4.98 Å². The molecule has 0 fully saturated rings. The van der Waals surface area contributed by atoms with Crippen LogP contribution in [0.2, 0.25) is 5.02 Å². The van der Waals surface area contributed by atoms with E-state index in [2.05, 4.69) is 20.9 Å². The number of fused-ring (bicyclic) bond motifs is 1. The number of hydrogen-bond donors (Lipinski definition) is 1. The Balaban J connectivity index is 2.86. The third-order valence-electron chi connectivity index (χ3n) is 1.72. The van der Waals surface area contributed by atoms with E-state index in [1.54, 1.807) is 0 Å². The maximum Gasteiger partial charge on any atom is 0.338 e. The Bertz CT molecular complexity index is 523. The summed E-state index contributed by atoms with van der Waals surface area (Å²) < 4.78 is 5.62. The van der Waals surface area contributed by atoms with E-state index in [0.29, 0.717) is 15.6 Å². The molecule has 2 heterocycles. The Morgan fingerprint density at radius 3 is 3.00 bits per heavy atom. The highest BCUT2D eigenvalue weighted by atomic mass is 79.9. The van der Waals surface area contributed by atoms with Crippen molar-refractivity contribution in [2.24, 2.45) is 0 Å². The van der Waals surface area contributed by atoms with Gasteiger partial charge in [-0.15, -0.1) is 0 Å². The van der Waals surface area contributed by atoms with Gasteiger partial charge < -0.3 is 9.52 Å². The number of halogens is 2. The van der Waals surface area contributed by atoms with Crippen LogP contribution in [0.3, 0.4) is 0 Å². The van der Waals surface area contributed by atoms with Gasteiger partial charge in [0.15, 0.2) is 0 Å². The van der Waals surface area contributed by atoms with E-state index in [0.717, 1.165) is 0 Å². The van der Waals surface area contributed by atoms with Gasteiger partial charge >= 0.3 is 5.97 Å². The maximum absolute atomic E-state index is 10.7. The van der Waals surface area contributed by atoms with Crippen molar-refractivity contribution in [2.45, 2.75) is 0 Å². The fourth-order valence-electron chi connectivity index (χ4n) is 1.08. The van der Waals surface area contributed by atoms with Gasteiger partial charge in [0.2, 0.25) is 5.71 Å². The topological polar surface area (TPSA) is 63.3 Å². The molecule has 72 valence electrons. The van der Waals surface area contributed by atoms with E-state index in [1.165, 1.54) is 12.5 Å². The van der Waals surface area contributed by atoms with Crippen LogP contribution in [0, 0.1) is 0 Å². The predicted molar refractivity (Wildman–Crippen MR) is 53.7 cm³/mol. The summed E-state index contributed by atoms with van der Waals surface area (Å²) in [5.41, 5.74) is 0.271. The van der Waals surface area contributed by atoms with E-state index in [9.17, 15) is 4.79 Å². The van der Waals surface area contributed by atoms with E-state index >= 15 is 0 Å². The number of aromatic nitrogens is 1. The quantitative estimate of drug-likeness (QED) is 0.870. The lowest BCUT2D eigenvalue weighted by molar-refractivity contribution is 0.0697. The van der Waals surface area contributed by atoms with Crippen LogP contribution in [0.25, 0.3) is 11.1 Å². The number of hydrogen-bond acceptors (Lipinski definition) is 3. The highest BCUT2D eigenvalue weighted by Crippen LogP contribution is 2.33. The number of carboxylic acids is 1. The molecule has 14 heavy (non-hydrogen) atoms. The first kappa shape index (κ1) is 9.48. The van der Waals surface area contributed by atoms with Gasteiger partial charge in [-0.2, -0.15) is 0 Å². The Morgan fingerprint density at radius 2 is 2.36 bits per heavy atom. The molecule has 0 spiro atoms. The highest BCUT2D eigenvalue weighted by Gasteiger charge is 2.16. The molecule has 6 heteroatoms. The van der Waals surface area contributed by atoms with Crippen LogP contribution >= 0.6 is 27.5 Å². The monoisotopic (exact) mass is 275 g/mol. The molecule has 0 aliphatic rings. The van der Waals surface area contributed by atoms with Crippen LogP contribution < -0.4 is 0 Å². The molecule has 0 unspecified atom stereocenters. The number of carboxylic acid groups (broad SMARTS) is 1. The van der Waals surface area contributed by atoms with Gasteiger partial charge in [-0.1, -0.05) is 11.6 Å². The van der Waals surface area contributed by atoms with Gasteiger partial charge in [0, 0.05) is 6.20 Å². The molecular weight excluding hydrogens is 273 g/mol. The van der Waals surface area contributed by atoms with Gasteiger partial charge in [-0.25, -0.2) is 9.78 Å². The molecule has 0 aromatic carbocycles. The molecule has 1 N–H and O–H groups in total. The van der Waals surface area contributed by atoms with E-state index in [4.69, 9.17) is 21.1 Å². The number of furan rings is 1. The Morgan fingerprint density at radius 1 is 1.64 bits per heavy atom. The number of nitrogens with zero attached hydrogens (tertiary/aromatic N) is 1. The van der Waals surface area contributed by atoms with E-state index in [1.807, 2.05) is 0 Å². The number of pyridine rings is 1. The second kappa shape index (κ2) is 3.25. The number of carbonyl (C=O) groups is 1. The van der Waals surface area contributed by atoms with Crippen LogP contribution in [0.15, 0.2) is 21.3 Å². The van der Waals surface area contributed by atoms with Crippen LogP contribution in [0.1, 0.15) is 10.4 Å². The first-order valence-electron chi connectivity index (χ1n) is 3.55. The number of rotatable bonds is 1. The Labute approximate surface area is 91.6 Å². The second-order valence-electron chi connectivity index (χ2n) is 2.55. The fourth-order valence-corrected chi connectivity index (χ4v) is 1.97. The Kier molecular flexibility index (Phi) is 2.20. The van der Waals surface area contributed by atoms with Gasteiger partial charge in [-0.3, -0.25) is 0 Å². The first-order chi connectivity index (χ1) is 6.61. The Hall–Kier alpha value is -1.07. The largest absolute Gasteiger partial charge is 0.478 e. The zero-order chi connectivity index (χ0) is 10.3. The third-order valence-corrected chi connectivity index (χ3v) is 2.70. The molecule has 0 aliphatic carbocycles. The predicted octanol–water partition coefficient (Wildman–Crippen LogP) is 2.94. The SMILES string of the molecule is O=C(O)c1cnc2occ(Br)c2c1Cl. The molecule has 0 radical (unpaired) electrons. The maximum atomic E-state index is 10.7.